The van der Waals surface area contributed by atoms with Crippen molar-refractivity contribution in [2.45, 2.75) is 38.5 Å². The Hall–Kier alpha value is -1.79. The summed E-state index contributed by atoms with van der Waals surface area (Å²) in [6.07, 6.45) is 0.446. The molecule has 2 aliphatic rings. The van der Waals surface area contributed by atoms with Gasteiger partial charge in [0.05, 0.1) is 34.3 Å². The predicted molar refractivity (Wildman–Crippen MR) is 140 cm³/mol. The summed E-state index contributed by atoms with van der Waals surface area (Å²) in [6.45, 7) is 3.85. The molecular formula is C27H26Cl4O5. The van der Waals surface area contributed by atoms with Crippen LogP contribution in [0, 0.1) is 22.7 Å². The summed E-state index contributed by atoms with van der Waals surface area (Å²) in [5.41, 5.74) is -1.92. The number of benzene rings is 2. The van der Waals surface area contributed by atoms with Gasteiger partial charge in [-0.3, -0.25) is 14.4 Å². The lowest BCUT2D eigenvalue weighted by Gasteiger charge is -2.59. The molecule has 0 aliphatic heterocycles. The van der Waals surface area contributed by atoms with Crippen LogP contribution in [0.15, 0.2) is 36.4 Å². The van der Waals surface area contributed by atoms with E-state index in [4.69, 9.17) is 55.9 Å². The fourth-order valence-electron chi connectivity index (χ4n) is 6.94. The van der Waals surface area contributed by atoms with Crippen molar-refractivity contribution in [3.63, 3.8) is 0 Å². The molecule has 9 heteroatoms. The van der Waals surface area contributed by atoms with Gasteiger partial charge in [-0.15, -0.1) is 0 Å². The smallest absolute Gasteiger partial charge is 0.320 e. The molecule has 2 aromatic rings. The molecule has 192 valence electrons. The summed E-state index contributed by atoms with van der Waals surface area (Å²) < 4.78 is 10.5. The van der Waals surface area contributed by atoms with Crippen molar-refractivity contribution in [3.8, 4) is 0 Å². The van der Waals surface area contributed by atoms with E-state index in [9.17, 15) is 14.4 Å². The average Bonchev–Trinajstić information content (AvgIpc) is 2.84. The minimum atomic E-state index is -1.62. The van der Waals surface area contributed by atoms with E-state index in [0.717, 1.165) is 0 Å². The summed E-state index contributed by atoms with van der Waals surface area (Å²) in [6, 6.07) is 10.2. The Bertz CT molecular complexity index is 1160. The lowest BCUT2D eigenvalue weighted by atomic mass is 9.40. The van der Waals surface area contributed by atoms with Crippen LogP contribution in [0.5, 0.6) is 0 Å². The molecule has 2 aromatic carbocycles. The van der Waals surface area contributed by atoms with E-state index < -0.39 is 46.3 Å². The minimum Gasteiger partial charge on any atom is -0.468 e. The summed E-state index contributed by atoms with van der Waals surface area (Å²) in [5.74, 6) is -3.77. The Kier molecular flexibility index (Phi) is 7.44. The number of ether oxygens (including phenoxy) is 2. The molecule has 0 amide bonds. The van der Waals surface area contributed by atoms with Crippen LogP contribution in [0.3, 0.4) is 0 Å². The Morgan fingerprint density at radius 2 is 1.14 bits per heavy atom. The fourth-order valence-corrected chi connectivity index (χ4v) is 7.55. The average molecular weight is 572 g/mol. The van der Waals surface area contributed by atoms with E-state index in [1.54, 1.807) is 36.4 Å². The molecule has 2 saturated carbocycles. The third-order valence-corrected chi connectivity index (χ3v) is 9.45. The zero-order valence-electron chi connectivity index (χ0n) is 20.2. The van der Waals surface area contributed by atoms with E-state index >= 15 is 0 Å². The summed E-state index contributed by atoms with van der Waals surface area (Å²) in [7, 11) is 2.51. The van der Waals surface area contributed by atoms with Crippen LogP contribution >= 0.6 is 46.4 Å². The maximum Gasteiger partial charge on any atom is 0.320 e. The first-order valence-electron chi connectivity index (χ1n) is 11.6. The van der Waals surface area contributed by atoms with Crippen molar-refractivity contribution in [3.05, 3.63) is 67.6 Å². The molecular weight excluding hydrogens is 546 g/mol. The van der Waals surface area contributed by atoms with Crippen LogP contribution in [-0.4, -0.2) is 31.9 Å². The number of halogens is 4. The van der Waals surface area contributed by atoms with E-state index in [1.807, 2.05) is 13.8 Å². The molecule has 4 rings (SSSR count). The molecule has 5 nitrogen and oxygen atoms in total. The highest BCUT2D eigenvalue weighted by Crippen LogP contribution is 2.68. The Morgan fingerprint density at radius 3 is 1.47 bits per heavy atom. The van der Waals surface area contributed by atoms with Gasteiger partial charge in [0.2, 0.25) is 0 Å². The van der Waals surface area contributed by atoms with Crippen molar-refractivity contribution in [1.82, 2.24) is 0 Å². The second kappa shape index (κ2) is 9.83. The Morgan fingerprint density at radius 1 is 0.750 bits per heavy atom. The number of esters is 2. The van der Waals surface area contributed by atoms with Gasteiger partial charge in [-0.25, -0.2) is 0 Å². The summed E-state index contributed by atoms with van der Waals surface area (Å²) in [5, 5.41) is 1.30. The molecule has 0 spiro atoms. The highest BCUT2D eigenvalue weighted by molar-refractivity contribution is 6.42. The summed E-state index contributed by atoms with van der Waals surface area (Å²) in [4.78, 5) is 42.0. The van der Waals surface area contributed by atoms with Crippen molar-refractivity contribution in [2.75, 3.05) is 14.2 Å². The zero-order valence-corrected chi connectivity index (χ0v) is 23.3. The first kappa shape index (κ1) is 27.3. The van der Waals surface area contributed by atoms with Crippen LogP contribution in [0.25, 0.3) is 0 Å². The second-order valence-electron chi connectivity index (χ2n) is 9.93. The van der Waals surface area contributed by atoms with Crippen LogP contribution in [0.1, 0.15) is 49.7 Å². The number of ketones is 1. The van der Waals surface area contributed by atoms with Crippen LogP contribution < -0.4 is 0 Å². The molecule has 4 unspecified atom stereocenters. The highest BCUT2D eigenvalue weighted by Gasteiger charge is 2.74. The molecule has 4 atom stereocenters. The van der Waals surface area contributed by atoms with Gasteiger partial charge in [-0.05, 0) is 60.1 Å². The number of methoxy groups -OCH3 is 2. The molecule has 0 radical (unpaired) electrons. The van der Waals surface area contributed by atoms with Crippen LogP contribution in [-0.2, 0) is 23.9 Å². The number of carbonyl (C=O) groups is 3. The first-order valence-corrected chi connectivity index (χ1v) is 13.1. The third-order valence-electron chi connectivity index (χ3n) is 7.97. The van der Waals surface area contributed by atoms with Gasteiger partial charge in [0, 0.05) is 11.8 Å². The maximum absolute atomic E-state index is 14.7. The molecule has 2 fully saturated rings. The van der Waals surface area contributed by atoms with E-state index in [0.29, 0.717) is 31.2 Å². The number of rotatable bonds is 4. The maximum atomic E-state index is 14.7. The zero-order chi connectivity index (χ0) is 26.6. The normalized spacial score (nSPS) is 31.6. The number of fused-ring (bicyclic) bond motifs is 2. The topological polar surface area (TPSA) is 69.7 Å². The van der Waals surface area contributed by atoms with E-state index in [1.165, 1.54) is 14.2 Å². The van der Waals surface area contributed by atoms with Crippen molar-refractivity contribution < 1.29 is 23.9 Å². The van der Waals surface area contributed by atoms with Gasteiger partial charge in [-0.2, -0.15) is 0 Å². The standard InChI is InChI=1S/C27H26Cl4O5/c1-13-11-26(24(33)35-3)21(15-5-7-17(28)19(30)9-15)14(2)22(16-6-8-18(29)20(31)10-16)27(12-13,23(26)32)25(34)36-4/h5-10,13-14,21-22H,11-12H2,1-4H3. The largest absolute Gasteiger partial charge is 0.468 e. The van der Waals surface area contributed by atoms with Crippen molar-refractivity contribution >= 4 is 64.1 Å². The Labute approximate surface area is 230 Å². The predicted octanol–water partition coefficient (Wildman–Crippen LogP) is 7.14. The van der Waals surface area contributed by atoms with Gasteiger partial charge in [-0.1, -0.05) is 72.4 Å². The molecule has 0 heterocycles. The third kappa shape index (κ3) is 3.86. The fraction of sp³-hybridized carbons (Fsp3) is 0.444. The van der Waals surface area contributed by atoms with Gasteiger partial charge in [0.15, 0.2) is 5.78 Å². The van der Waals surface area contributed by atoms with Crippen LogP contribution in [0.2, 0.25) is 20.1 Å². The first-order chi connectivity index (χ1) is 16.9. The molecule has 2 bridgehead atoms. The van der Waals surface area contributed by atoms with Crippen molar-refractivity contribution in [1.29, 1.82) is 0 Å². The van der Waals surface area contributed by atoms with Crippen LogP contribution in [0.4, 0.5) is 0 Å². The van der Waals surface area contributed by atoms with Crippen molar-refractivity contribution in [2.24, 2.45) is 22.7 Å². The molecule has 0 aromatic heterocycles. The number of carbonyl (C=O) groups excluding carboxylic acids is 3. The van der Waals surface area contributed by atoms with Gasteiger partial charge in [0.25, 0.3) is 0 Å². The molecule has 2 aliphatic carbocycles. The highest BCUT2D eigenvalue weighted by atomic mass is 35.5. The van der Waals surface area contributed by atoms with Gasteiger partial charge in [0.1, 0.15) is 10.8 Å². The molecule has 0 N–H and O–H groups in total. The molecule has 0 saturated heterocycles. The SMILES string of the molecule is COC(=O)C12CC(C)CC(C(=O)OC)(C1=O)C(c1ccc(Cl)c(Cl)c1)C(C)C2c1ccc(Cl)c(Cl)c1. The lowest BCUT2D eigenvalue weighted by molar-refractivity contribution is -0.189. The van der Waals surface area contributed by atoms with E-state index in [-0.39, 0.29) is 18.8 Å². The molecule has 36 heavy (non-hydrogen) atoms. The van der Waals surface area contributed by atoms with Gasteiger partial charge < -0.3 is 9.47 Å². The van der Waals surface area contributed by atoms with E-state index in [2.05, 4.69) is 0 Å². The second-order valence-corrected chi connectivity index (χ2v) is 11.6. The summed E-state index contributed by atoms with van der Waals surface area (Å²) >= 11 is 25.2. The van der Waals surface area contributed by atoms with Gasteiger partial charge >= 0.3 is 11.9 Å². The minimum absolute atomic E-state index is 0.177. The quantitative estimate of drug-likeness (QED) is 0.288. The number of Topliss-reactive ketones (excluding diaryl/α,β-unsaturated/α-hetero) is 1. The Balaban J connectivity index is 2.09. The monoisotopic (exact) mass is 570 g/mol. The number of hydrogen-bond donors (Lipinski definition) is 0. The lowest BCUT2D eigenvalue weighted by Crippen LogP contribution is -2.67. The number of hydrogen-bond acceptors (Lipinski definition) is 5.